The van der Waals surface area contributed by atoms with E-state index < -0.39 is 21.7 Å². The Morgan fingerprint density at radius 2 is 1.97 bits per heavy atom. The van der Waals surface area contributed by atoms with Crippen molar-refractivity contribution in [2.45, 2.75) is 56.3 Å². The summed E-state index contributed by atoms with van der Waals surface area (Å²) in [4.78, 5) is 21.0. The molecule has 38 heavy (non-hydrogen) atoms. The van der Waals surface area contributed by atoms with Crippen molar-refractivity contribution in [3.05, 3.63) is 30.2 Å². The summed E-state index contributed by atoms with van der Waals surface area (Å²) in [5, 5.41) is 14.0. The van der Waals surface area contributed by atoms with Crippen molar-refractivity contribution < 1.29 is 17.6 Å². The molecule has 11 nitrogen and oxygen atoms in total. The van der Waals surface area contributed by atoms with Gasteiger partial charge in [0, 0.05) is 50.4 Å². The second kappa shape index (κ2) is 8.78. The third kappa shape index (κ3) is 4.21. The fraction of sp³-hybridized carbons (Fsp3) is 0.520. The molecule has 1 N–H and O–H groups in total. The molecule has 1 saturated carbocycles. The van der Waals surface area contributed by atoms with E-state index in [0.717, 1.165) is 5.69 Å². The van der Waals surface area contributed by atoms with Crippen LogP contribution in [0.5, 0.6) is 0 Å². The molecule has 2 fully saturated rings. The molecule has 3 aromatic heterocycles. The van der Waals surface area contributed by atoms with Crippen LogP contribution in [0.1, 0.15) is 32.4 Å². The number of nitriles is 1. The number of anilines is 1. The Morgan fingerprint density at radius 1 is 1.24 bits per heavy atom. The van der Waals surface area contributed by atoms with E-state index in [9.17, 15) is 22.9 Å². The third-order valence-corrected chi connectivity index (χ3v) is 9.02. The molecule has 3 aliphatic rings. The van der Waals surface area contributed by atoms with Gasteiger partial charge < -0.3 is 9.80 Å². The summed E-state index contributed by atoms with van der Waals surface area (Å²) in [5.41, 5.74) is 2.06. The molecule has 6 rings (SSSR count). The van der Waals surface area contributed by atoms with Crippen LogP contribution < -0.4 is 9.62 Å². The van der Waals surface area contributed by atoms with Crippen molar-refractivity contribution >= 4 is 27.3 Å². The summed E-state index contributed by atoms with van der Waals surface area (Å²) < 4.78 is 46.6. The molecule has 1 unspecified atom stereocenters. The number of piperazine rings is 1. The van der Waals surface area contributed by atoms with Crippen LogP contribution in [-0.2, 0) is 27.8 Å². The second-order valence-corrected chi connectivity index (χ2v) is 12.4. The lowest BCUT2D eigenvalue weighted by Crippen LogP contribution is -2.50. The average molecular weight is 541 g/mol. The number of halogens is 1. The van der Waals surface area contributed by atoms with Gasteiger partial charge in [-0.05, 0) is 25.0 Å². The number of aromatic nitrogens is 4. The first-order valence-electron chi connectivity index (χ1n) is 12.8. The molecule has 2 aliphatic heterocycles. The number of fused-ring (bicyclic) bond motifs is 2. The SMILES string of the molecule is CC(C)C(=O)N1CCN(c2cc(S(=O)(=O)NC3(C#N)CC3)cn3c(-c4cc5n(n4)CC(F)C5)cnc23)CC1. The molecule has 1 aliphatic carbocycles. The molecule has 1 atom stereocenters. The number of pyridine rings is 1. The van der Waals surface area contributed by atoms with Gasteiger partial charge in [-0.25, -0.2) is 17.8 Å². The van der Waals surface area contributed by atoms with Crippen molar-refractivity contribution in [2.24, 2.45) is 5.92 Å². The molecule has 1 saturated heterocycles. The van der Waals surface area contributed by atoms with E-state index in [0.29, 0.717) is 61.7 Å². The van der Waals surface area contributed by atoms with Gasteiger partial charge in [-0.1, -0.05) is 13.8 Å². The smallest absolute Gasteiger partial charge is 0.243 e. The maximum Gasteiger partial charge on any atom is 0.243 e. The van der Waals surface area contributed by atoms with Gasteiger partial charge in [-0.3, -0.25) is 13.9 Å². The highest BCUT2D eigenvalue weighted by molar-refractivity contribution is 7.89. The van der Waals surface area contributed by atoms with E-state index in [4.69, 9.17) is 0 Å². The highest BCUT2D eigenvalue weighted by atomic mass is 32.2. The first-order chi connectivity index (χ1) is 18.1. The fourth-order valence-corrected chi connectivity index (χ4v) is 6.60. The number of nitrogens with one attached hydrogen (secondary N) is 1. The first kappa shape index (κ1) is 24.8. The minimum atomic E-state index is -4.02. The van der Waals surface area contributed by atoms with E-state index in [1.54, 1.807) is 21.3 Å². The quantitative estimate of drug-likeness (QED) is 0.504. The molecule has 200 valence electrons. The lowest BCUT2D eigenvalue weighted by Gasteiger charge is -2.37. The molecular formula is C25H29FN8O3S. The Balaban J connectivity index is 1.41. The summed E-state index contributed by atoms with van der Waals surface area (Å²) in [6, 6.07) is 5.47. The largest absolute Gasteiger partial charge is 0.365 e. The number of rotatable bonds is 6. The van der Waals surface area contributed by atoms with Crippen LogP contribution in [-0.4, -0.2) is 76.3 Å². The van der Waals surface area contributed by atoms with E-state index in [1.165, 1.54) is 6.20 Å². The van der Waals surface area contributed by atoms with Gasteiger partial charge in [0.05, 0.1) is 30.2 Å². The van der Waals surface area contributed by atoms with Gasteiger partial charge in [-0.2, -0.15) is 15.1 Å². The molecular weight excluding hydrogens is 511 g/mol. The minimum Gasteiger partial charge on any atom is -0.365 e. The Hall–Kier alpha value is -3.50. The van der Waals surface area contributed by atoms with Gasteiger partial charge in [0.2, 0.25) is 15.9 Å². The van der Waals surface area contributed by atoms with Crippen LogP contribution in [0.25, 0.3) is 17.0 Å². The number of nitrogens with zero attached hydrogens (tertiary/aromatic N) is 7. The van der Waals surface area contributed by atoms with Crippen LogP contribution in [0, 0.1) is 17.2 Å². The second-order valence-electron chi connectivity index (χ2n) is 10.7. The van der Waals surface area contributed by atoms with Gasteiger partial charge in [0.25, 0.3) is 0 Å². The summed E-state index contributed by atoms with van der Waals surface area (Å²) in [6.07, 6.45) is 3.40. The summed E-state index contributed by atoms with van der Waals surface area (Å²) in [6.45, 7) is 6.01. The number of sulfonamides is 1. The average Bonchev–Trinajstić information content (AvgIpc) is 3.17. The first-order valence-corrected chi connectivity index (χ1v) is 14.3. The minimum absolute atomic E-state index is 0.0111. The van der Waals surface area contributed by atoms with Crippen molar-refractivity contribution in [3.63, 3.8) is 0 Å². The highest BCUT2D eigenvalue weighted by Crippen LogP contribution is 2.37. The van der Waals surface area contributed by atoms with Gasteiger partial charge in [-0.15, -0.1) is 0 Å². The number of hydrogen-bond acceptors (Lipinski definition) is 7. The molecule has 1 amide bonds. The molecule has 0 spiro atoms. The van der Waals surface area contributed by atoms with E-state index >= 15 is 0 Å². The van der Waals surface area contributed by atoms with Crippen molar-refractivity contribution in [3.8, 4) is 17.5 Å². The molecule has 0 bridgehead atoms. The maximum absolute atomic E-state index is 13.8. The van der Waals surface area contributed by atoms with E-state index in [2.05, 4.69) is 20.9 Å². The van der Waals surface area contributed by atoms with E-state index in [-0.39, 0.29) is 29.7 Å². The topological polar surface area (TPSA) is 129 Å². The number of imidazole rings is 1. The van der Waals surface area contributed by atoms with Crippen LogP contribution in [0.15, 0.2) is 29.4 Å². The summed E-state index contributed by atoms with van der Waals surface area (Å²) >= 11 is 0. The lowest BCUT2D eigenvalue weighted by atomic mass is 10.1. The zero-order valence-electron chi connectivity index (χ0n) is 21.3. The number of alkyl halides is 1. The monoisotopic (exact) mass is 540 g/mol. The third-order valence-electron chi connectivity index (χ3n) is 7.52. The predicted octanol–water partition coefficient (Wildman–Crippen LogP) is 1.73. The van der Waals surface area contributed by atoms with Crippen LogP contribution in [0.3, 0.4) is 0 Å². The van der Waals surface area contributed by atoms with Gasteiger partial charge >= 0.3 is 0 Å². The Labute approximate surface area is 219 Å². The van der Waals surface area contributed by atoms with Crippen molar-refractivity contribution in [2.75, 3.05) is 31.1 Å². The fourth-order valence-electron chi connectivity index (χ4n) is 5.21. The Bertz CT molecular complexity index is 1550. The number of carbonyl (C=O) groups is 1. The number of carbonyl (C=O) groups excluding carboxylic acids is 1. The lowest BCUT2D eigenvalue weighted by molar-refractivity contribution is -0.134. The molecule has 13 heteroatoms. The summed E-state index contributed by atoms with van der Waals surface area (Å²) in [5.74, 6) is -0.00486. The number of amides is 1. The number of hydrogen-bond donors (Lipinski definition) is 1. The molecule has 0 radical (unpaired) electrons. The van der Waals surface area contributed by atoms with Crippen LogP contribution >= 0.6 is 0 Å². The normalized spacial score (nSPS) is 20.7. The Kier molecular flexibility index (Phi) is 5.73. The van der Waals surface area contributed by atoms with Crippen molar-refractivity contribution in [1.29, 1.82) is 5.26 Å². The standard InChI is InChI=1S/C25H29FN8O3S/c1-16(2)24(35)32-7-5-31(6-8-32)21-11-19(38(36,37)30-25(15-27)3-4-25)14-33-22(12-28-23(21)33)20-10-18-9-17(26)13-34(18)29-20/h10-12,14,16-17,30H,3-9,13H2,1-2H3. The van der Waals surface area contributed by atoms with Gasteiger partial charge in [0.15, 0.2) is 5.65 Å². The highest BCUT2D eigenvalue weighted by Gasteiger charge is 2.47. The van der Waals surface area contributed by atoms with Gasteiger partial charge in [0.1, 0.15) is 22.3 Å². The maximum atomic E-state index is 13.8. The summed E-state index contributed by atoms with van der Waals surface area (Å²) in [7, 11) is -4.02. The predicted molar refractivity (Wildman–Crippen MR) is 137 cm³/mol. The molecule has 0 aromatic carbocycles. The van der Waals surface area contributed by atoms with E-state index in [1.807, 2.05) is 29.7 Å². The molecule has 5 heterocycles. The zero-order valence-corrected chi connectivity index (χ0v) is 22.1. The van der Waals surface area contributed by atoms with Crippen LogP contribution in [0.2, 0.25) is 0 Å². The Morgan fingerprint density at radius 3 is 2.61 bits per heavy atom. The van der Waals surface area contributed by atoms with Crippen LogP contribution in [0.4, 0.5) is 10.1 Å². The molecule has 3 aromatic rings. The zero-order chi connectivity index (χ0) is 26.8. The van der Waals surface area contributed by atoms with Crippen molar-refractivity contribution in [1.82, 2.24) is 28.8 Å².